The van der Waals surface area contributed by atoms with Gasteiger partial charge in [-0.1, -0.05) is 12.1 Å². The molecule has 0 atom stereocenters. The highest BCUT2D eigenvalue weighted by molar-refractivity contribution is 7.15. The van der Waals surface area contributed by atoms with Crippen molar-refractivity contribution in [2.45, 2.75) is 13.0 Å². The van der Waals surface area contributed by atoms with E-state index in [1.807, 2.05) is 30.5 Å². The molecule has 0 bridgehead atoms. The van der Waals surface area contributed by atoms with E-state index in [-0.39, 0.29) is 0 Å². The van der Waals surface area contributed by atoms with E-state index in [9.17, 15) is 4.79 Å². The number of amides is 1. The molecule has 1 fully saturated rings. The van der Waals surface area contributed by atoms with Crippen LogP contribution in [-0.2, 0) is 17.7 Å². The fraction of sp³-hybridized carbons (Fsp3) is 0.318. The standard InChI is InChI=1S/C22H25N5O3S/c23-21(28)17-3-6-20(25-13-17)30-18-4-1-16(2-5-18)7-8-24-14-19-15-26-22(31-19)27-9-11-29-12-10-27/h1-6,13,15,24H,7-12,14H2,(H2,23,28). The minimum absolute atomic E-state index is 0.353. The van der Waals surface area contributed by atoms with Gasteiger partial charge in [-0.25, -0.2) is 9.97 Å². The Morgan fingerprint density at radius 2 is 1.94 bits per heavy atom. The highest BCUT2D eigenvalue weighted by Gasteiger charge is 2.14. The molecule has 0 aliphatic carbocycles. The van der Waals surface area contributed by atoms with Crippen molar-refractivity contribution >= 4 is 22.4 Å². The maximum atomic E-state index is 11.1. The van der Waals surface area contributed by atoms with Gasteiger partial charge in [-0.15, -0.1) is 11.3 Å². The molecule has 1 aromatic carbocycles. The molecule has 9 heteroatoms. The zero-order chi connectivity index (χ0) is 21.5. The largest absolute Gasteiger partial charge is 0.439 e. The zero-order valence-electron chi connectivity index (χ0n) is 17.1. The van der Waals surface area contributed by atoms with Crippen molar-refractivity contribution in [2.24, 2.45) is 5.73 Å². The number of nitrogens with two attached hydrogens (primary N) is 1. The first-order valence-corrected chi connectivity index (χ1v) is 11.0. The van der Waals surface area contributed by atoms with Crippen molar-refractivity contribution in [3.63, 3.8) is 0 Å². The predicted molar refractivity (Wildman–Crippen MR) is 120 cm³/mol. The quantitative estimate of drug-likeness (QED) is 0.494. The fourth-order valence-corrected chi connectivity index (χ4v) is 4.09. The Bertz CT molecular complexity index is 985. The molecule has 162 valence electrons. The lowest BCUT2D eigenvalue weighted by molar-refractivity contribution is 0.1000. The van der Waals surface area contributed by atoms with Crippen LogP contribution in [-0.4, -0.2) is 48.7 Å². The summed E-state index contributed by atoms with van der Waals surface area (Å²) in [5, 5.41) is 4.56. The molecule has 3 heterocycles. The number of carbonyl (C=O) groups is 1. The number of benzene rings is 1. The number of thiazole rings is 1. The van der Waals surface area contributed by atoms with E-state index in [0.717, 1.165) is 50.9 Å². The van der Waals surface area contributed by atoms with E-state index in [0.29, 0.717) is 17.2 Å². The monoisotopic (exact) mass is 439 g/mol. The third-order valence-corrected chi connectivity index (χ3v) is 5.94. The van der Waals surface area contributed by atoms with Crippen LogP contribution in [0.1, 0.15) is 20.8 Å². The summed E-state index contributed by atoms with van der Waals surface area (Å²) in [5.74, 6) is 0.599. The minimum atomic E-state index is -0.509. The highest BCUT2D eigenvalue weighted by atomic mass is 32.1. The van der Waals surface area contributed by atoms with E-state index in [4.69, 9.17) is 15.2 Å². The Balaban J connectivity index is 1.20. The molecule has 0 unspecified atom stereocenters. The van der Waals surface area contributed by atoms with Crippen LogP contribution >= 0.6 is 11.3 Å². The summed E-state index contributed by atoms with van der Waals surface area (Å²) in [6.45, 7) is 5.06. The highest BCUT2D eigenvalue weighted by Crippen LogP contribution is 2.23. The van der Waals surface area contributed by atoms with Crippen molar-refractivity contribution < 1.29 is 14.3 Å². The average Bonchev–Trinajstić information content (AvgIpc) is 3.28. The van der Waals surface area contributed by atoms with Crippen LogP contribution < -0.4 is 20.7 Å². The predicted octanol–water partition coefficient (Wildman–Crippen LogP) is 2.60. The lowest BCUT2D eigenvalue weighted by Crippen LogP contribution is -2.36. The molecule has 1 saturated heterocycles. The molecule has 4 rings (SSSR count). The second kappa shape index (κ2) is 10.3. The number of rotatable bonds is 9. The second-order valence-corrected chi connectivity index (χ2v) is 8.22. The Morgan fingerprint density at radius 1 is 1.13 bits per heavy atom. The summed E-state index contributed by atoms with van der Waals surface area (Å²) in [4.78, 5) is 23.2. The molecule has 3 N–H and O–H groups in total. The topological polar surface area (TPSA) is 103 Å². The number of primary amides is 1. The molecule has 8 nitrogen and oxygen atoms in total. The van der Waals surface area contributed by atoms with E-state index in [1.54, 1.807) is 23.5 Å². The van der Waals surface area contributed by atoms with Gasteiger partial charge >= 0.3 is 0 Å². The first kappa shape index (κ1) is 21.2. The Labute approximate surface area is 185 Å². The third-order valence-electron chi connectivity index (χ3n) is 4.88. The second-order valence-electron chi connectivity index (χ2n) is 7.13. The van der Waals surface area contributed by atoms with Gasteiger partial charge in [-0.05, 0) is 36.7 Å². The molecule has 1 aliphatic heterocycles. The number of hydrogen-bond acceptors (Lipinski definition) is 8. The van der Waals surface area contributed by atoms with Gasteiger partial charge in [0.2, 0.25) is 11.8 Å². The van der Waals surface area contributed by atoms with E-state index >= 15 is 0 Å². The van der Waals surface area contributed by atoms with E-state index in [2.05, 4.69) is 20.2 Å². The summed E-state index contributed by atoms with van der Waals surface area (Å²) < 4.78 is 11.1. The lowest BCUT2D eigenvalue weighted by Gasteiger charge is -2.25. The molecule has 0 radical (unpaired) electrons. The SMILES string of the molecule is NC(=O)c1ccc(Oc2ccc(CCNCc3cnc(N4CCOCC4)s3)cc2)nc1. The summed E-state index contributed by atoms with van der Waals surface area (Å²) in [5.41, 5.74) is 6.78. The molecule has 1 aliphatic rings. The van der Waals surface area contributed by atoms with Crippen LogP contribution in [0.5, 0.6) is 11.6 Å². The average molecular weight is 440 g/mol. The molecule has 1 amide bonds. The molecule has 2 aromatic heterocycles. The maximum Gasteiger partial charge on any atom is 0.250 e. The van der Waals surface area contributed by atoms with Gasteiger partial charge in [-0.2, -0.15) is 0 Å². The van der Waals surface area contributed by atoms with Gasteiger partial charge in [0.15, 0.2) is 5.13 Å². The first-order chi connectivity index (χ1) is 15.2. The lowest BCUT2D eigenvalue weighted by atomic mass is 10.1. The summed E-state index contributed by atoms with van der Waals surface area (Å²) in [6.07, 6.45) is 4.28. The number of hydrogen-bond donors (Lipinski definition) is 2. The molecular weight excluding hydrogens is 414 g/mol. The van der Waals surface area contributed by atoms with Crippen molar-refractivity contribution in [3.8, 4) is 11.6 Å². The fourth-order valence-electron chi connectivity index (χ4n) is 3.16. The number of ether oxygens (including phenoxy) is 2. The Morgan fingerprint density at radius 3 is 2.65 bits per heavy atom. The van der Waals surface area contributed by atoms with Gasteiger partial charge in [-0.3, -0.25) is 4.79 Å². The summed E-state index contributed by atoms with van der Waals surface area (Å²) in [7, 11) is 0. The van der Waals surface area contributed by atoms with Crippen LogP contribution in [0.2, 0.25) is 0 Å². The van der Waals surface area contributed by atoms with Crippen LogP contribution in [0.25, 0.3) is 0 Å². The van der Waals surface area contributed by atoms with Crippen molar-refractivity contribution in [1.29, 1.82) is 0 Å². The maximum absolute atomic E-state index is 11.1. The molecule has 31 heavy (non-hydrogen) atoms. The number of anilines is 1. The summed E-state index contributed by atoms with van der Waals surface area (Å²) >= 11 is 1.74. The van der Waals surface area contributed by atoms with Crippen molar-refractivity contribution in [3.05, 3.63) is 64.8 Å². The van der Waals surface area contributed by atoms with Gasteiger partial charge in [0.05, 0.1) is 18.8 Å². The Kier molecular flexibility index (Phi) is 7.08. The normalized spacial score (nSPS) is 13.9. The number of nitrogens with zero attached hydrogens (tertiary/aromatic N) is 3. The first-order valence-electron chi connectivity index (χ1n) is 10.2. The third kappa shape index (κ3) is 6.00. The molecule has 0 saturated carbocycles. The van der Waals surface area contributed by atoms with Gasteiger partial charge in [0.1, 0.15) is 5.75 Å². The van der Waals surface area contributed by atoms with Crippen LogP contribution in [0.15, 0.2) is 48.8 Å². The minimum Gasteiger partial charge on any atom is -0.439 e. The number of morpholine rings is 1. The molecule has 0 spiro atoms. The number of pyridine rings is 1. The Hall–Kier alpha value is -3.01. The number of carbonyl (C=O) groups excluding carboxylic acids is 1. The van der Waals surface area contributed by atoms with Gasteiger partial charge < -0.3 is 25.4 Å². The molecule has 3 aromatic rings. The van der Waals surface area contributed by atoms with E-state index in [1.165, 1.54) is 16.6 Å². The smallest absolute Gasteiger partial charge is 0.250 e. The van der Waals surface area contributed by atoms with Crippen LogP contribution in [0.4, 0.5) is 5.13 Å². The number of aromatic nitrogens is 2. The van der Waals surface area contributed by atoms with Crippen LogP contribution in [0, 0.1) is 0 Å². The summed E-state index contributed by atoms with van der Waals surface area (Å²) in [6, 6.07) is 11.1. The number of nitrogens with one attached hydrogen (secondary N) is 1. The van der Waals surface area contributed by atoms with Crippen LogP contribution in [0.3, 0.4) is 0 Å². The van der Waals surface area contributed by atoms with Crippen molar-refractivity contribution in [2.75, 3.05) is 37.7 Å². The van der Waals surface area contributed by atoms with E-state index < -0.39 is 5.91 Å². The van der Waals surface area contributed by atoms with Gasteiger partial charge in [0, 0.05) is 43.0 Å². The zero-order valence-corrected chi connectivity index (χ0v) is 17.9. The molecular formula is C22H25N5O3S. The van der Waals surface area contributed by atoms with Gasteiger partial charge in [0.25, 0.3) is 0 Å². The van der Waals surface area contributed by atoms with Crippen molar-refractivity contribution in [1.82, 2.24) is 15.3 Å².